The summed E-state index contributed by atoms with van der Waals surface area (Å²) in [6.45, 7) is 2.35. The third kappa shape index (κ3) is 4.18. The van der Waals surface area contributed by atoms with Crippen LogP contribution < -0.4 is 21.4 Å². The molecule has 4 rings (SSSR count). The molecule has 0 unspecified atom stereocenters. The Morgan fingerprint density at radius 2 is 1.84 bits per heavy atom. The smallest absolute Gasteiger partial charge is 0.329 e. The molecule has 2 aromatic heterocycles. The van der Waals surface area contributed by atoms with E-state index in [0.29, 0.717) is 30.1 Å². The third-order valence-corrected chi connectivity index (χ3v) is 5.31. The number of aryl methyl sites for hydroxylation is 3. The first-order chi connectivity index (χ1) is 15.5. The van der Waals surface area contributed by atoms with E-state index in [4.69, 9.17) is 4.74 Å². The first-order valence-corrected chi connectivity index (χ1v) is 10.2. The largest absolute Gasteiger partial charge is 0.497 e. The Labute approximate surface area is 184 Å². The van der Waals surface area contributed by atoms with Crippen molar-refractivity contribution in [3.63, 3.8) is 0 Å². The zero-order chi connectivity index (χ0) is 22.7. The molecule has 0 radical (unpaired) electrons. The van der Waals surface area contributed by atoms with Crippen LogP contribution in [0.2, 0.25) is 0 Å². The highest BCUT2D eigenvalue weighted by molar-refractivity contribution is 5.99. The summed E-state index contributed by atoms with van der Waals surface area (Å²) in [6.07, 6.45) is 0.647. The second kappa shape index (κ2) is 8.93. The van der Waals surface area contributed by atoms with Crippen molar-refractivity contribution in [2.45, 2.75) is 19.9 Å². The molecule has 2 N–H and O–H groups in total. The van der Waals surface area contributed by atoms with Crippen molar-refractivity contribution in [2.24, 2.45) is 12.1 Å². The van der Waals surface area contributed by atoms with Crippen molar-refractivity contribution in [1.82, 2.24) is 19.1 Å². The number of methoxy groups -OCH3 is 1. The predicted molar refractivity (Wildman–Crippen MR) is 125 cm³/mol. The Morgan fingerprint density at radius 3 is 2.53 bits per heavy atom. The molecule has 9 nitrogen and oxygen atoms in total. The average Bonchev–Trinajstić information content (AvgIpc) is 3.19. The van der Waals surface area contributed by atoms with E-state index in [2.05, 4.69) is 20.5 Å². The number of rotatable bonds is 7. The number of imidazole rings is 1. The number of benzene rings is 2. The predicted octanol–water partition coefficient (Wildman–Crippen LogP) is 2.51. The van der Waals surface area contributed by atoms with Crippen LogP contribution in [0.1, 0.15) is 18.1 Å². The quantitative estimate of drug-likeness (QED) is 0.345. The molecule has 0 aliphatic heterocycles. The molecule has 0 bridgehead atoms. The third-order valence-electron chi connectivity index (χ3n) is 5.31. The maximum atomic E-state index is 12.6. The van der Waals surface area contributed by atoms with Gasteiger partial charge >= 0.3 is 5.69 Å². The number of H-pyrrole nitrogens is 1. The number of hydrogen-bond donors (Lipinski definition) is 2. The highest BCUT2D eigenvalue weighted by Gasteiger charge is 2.17. The molecular formula is C23H24N6O3. The summed E-state index contributed by atoms with van der Waals surface area (Å²) in [4.78, 5) is 31.6. The van der Waals surface area contributed by atoms with Gasteiger partial charge in [0, 0.05) is 13.6 Å². The topological polar surface area (TPSA) is 106 Å². The summed E-state index contributed by atoms with van der Waals surface area (Å²) < 4.78 is 8.28. The van der Waals surface area contributed by atoms with Gasteiger partial charge in [0.25, 0.3) is 5.56 Å². The molecular weight excluding hydrogens is 408 g/mol. The summed E-state index contributed by atoms with van der Waals surface area (Å²) in [5, 5.41) is 4.45. The average molecular weight is 432 g/mol. The number of aromatic amines is 1. The number of ether oxygens (including phenoxy) is 1. The lowest BCUT2D eigenvalue weighted by Gasteiger charge is -2.09. The summed E-state index contributed by atoms with van der Waals surface area (Å²) in [7, 11) is 3.20. The van der Waals surface area contributed by atoms with Crippen molar-refractivity contribution in [1.29, 1.82) is 0 Å². The van der Waals surface area contributed by atoms with E-state index in [0.717, 1.165) is 22.6 Å². The van der Waals surface area contributed by atoms with Gasteiger partial charge in [-0.3, -0.25) is 14.3 Å². The Morgan fingerprint density at radius 1 is 1.12 bits per heavy atom. The molecule has 0 aliphatic carbocycles. The highest BCUT2D eigenvalue weighted by atomic mass is 16.5. The Hall–Kier alpha value is -4.14. The maximum Gasteiger partial charge on any atom is 0.329 e. The van der Waals surface area contributed by atoms with Gasteiger partial charge in [0.1, 0.15) is 5.75 Å². The first-order valence-electron chi connectivity index (χ1n) is 10.2. The number of anilines is 1. The second-order valence-electron chi connectivity index (χ2n) is 7.35. The highest BCUT2D eigenvalue weighted by Crippen LogP contribution is 2.18. The Balaban J connectivity index is 1.72. The van der Waals surface area contributed by atoms with Crippen LogP contribution in [0.25, 0.3) is 11.2 Å². The van der Waals surface area contributed by atoms with Gasteiger partial charge in [0.05, 0.1) is 12.8 Å². The van der Waals surface area contributed by atoms with Crippen LogP contribution >= 0.6 is 0 Å². The van der Waals surface area contributed by atoms with E-state index in [9.17, 15) is 9.59 Å². The summed E-state index contributed by atoms with van der Waals surface area (Å²) >= 11 is 0. The molecule has 32 heavy (non-hydrogen) atoms. The van der Waals surface area contributed by atoms with Crippen molar-refractivity contribution in [2.75, 3.05) is 12.5 Å². The first kappa shape index (κ1) is 21.1. The van der Waals surface area contributed by atoms with Gasteiger partial charge in [-0.05, 0) is 36.6 Å². The monoisotopic (exact) mass is 432 g/mol. The number of nitrogens with zero attached hydrogens (tertiary/aromatic N) is 4. The fraction of sp³-hybridized carbons (Fsp3) is 0.217. The lowest BCUT2D eigenvalue weighted by atomic mass is 10.1. The zero-order valence-corrected chi connectivity index (χ0v) is 18.1. The lowest BCUT2D eigenvalue weighted by molar-refractivity contribution is 0.414. The van der Waals surface area contributed by atoms with Crippen molar-refractivity contribution in [3.8, 4) is 5.75 Å². The normalized spacial score (nSPS) is 11.7. The lowest BCUT2D eigenvalue weighted by Crippen LogP contribution is -2.29. The molecule has 0 spiro atoms. The van der Waals surface area contributed by atoms with Crippen LogP contribution in [-0.4, -0.2) is 31.9 Å². The summed E-state index contributed by atoms with van der Waals surface area (Å²) in [6, 6.07) is 17.5. The second-order valence-corrected chi connectivity index (χ2v) is 7.35. The van der Waals surface area contributed by atoms with Crippen molar-refractivity contribution < 1.29 is 4.74 Å². The van der Waals surface area contributed by atoms with Crippen LogP contribution in [-0.2, 0) is 20.0 Å². The number of fused-ring (bicyclic) bond motifs is 1. The molecule has 0 fully saturated rings. The molecule has 164 valence electrons. The van der Waals surface area contributed by atoms with Gasteiger partial charge in [-0.15, -0.1) is 0 Å². The van der Waals surface area contributed by atoms with Gasteiger partial charge in [-0.25, -0.2) is 10.2 Å². The maximum absolute atomic E-state index is 12.6. The molecule has 9 heteroatoms. The number of nitrogens with one attached hydrogen (secondary N) is 2. The van der Waals surface area contributed by atoms with E-state index < -0.39 is 11.2 Å². The number of hydrazone groups is 1. The van der Waals surface area contributed by atoms with Gasteiger partial charge in [-0.2, -0.15) is 10.1 Å². The van der Waals surface area contributed by atoms with Crippen LogP contribution in [0.3, 0.4) is 0 Å². The van der Waals surface area contributed by atoms with Gasteiger partial charge < -0.3 is 9.30 Å². The fourth-order valence-corrected chi connectivity index (χ4v) is 3.45. The van der Waals surface area contributed by atoms with Gasteiger partial charge in [-0.1, -0.05) is 42.5 Å². The van der Waals surface area contributed by atoms with E-state index in [1.807, 2.05) is 61.5 Å². The molecule has 2 heterocycles. The number of aromatic nitrogens is 4. The van der Waals surface area contributed by atoms with E-state index in [-0.39, 0.29) is 0 Å². The van der Waals surface area contributed by atoms with Crippen LogP contribution in [0.15, 0.2) is 69.3 Å². The van der Waals surface area contributed by atoms with Crippen LogP contribution in [0.4, 0.5) is 5.95 Å². The van der Waals surface area contributed by atoms with Crippen LogP contribution in [0, 0.1) is 0 Å². The molecule has 2 aromatic carbocycles. The van der Waals surface area contributed by atoms with Gasteiger partial charge in [0.2, 0.25) is 5.95 Å². The summed E-state index contributed by atoms with van der Waals surface area (Å²) in [5.74, 6) is 1.16. The summed E-state index contributed by atoms with van der Waals surface area (Å²) in [5.41, 5.74) is 5.39. The SMILES string of the molecule is COc1ccc(CCn2c(NN=C(C)c3ccccc3)nc3c2c(=O)[nH]c(=O)n3C)cc1. The molecule has 0 saturated heterocycles. The Bertz CT molecular complexity index is 1380. The minimum atomic E-state index is -0.516. The Kier molecular flexibility index (Phi) is 5.89. The molecule has 4 aromatic rings. The number of hydrogen-bond acceptors (Lipinski definition) is 6. The van der Waals surface area contributed by atoms with E-state index >= 15 is 0 Å². The minimum absolute atomic E-state index is 0.295. The van der Waals surface area contributed by atoms with Crippen molar-refractivity contribution >= 4 is 22.8 Å². The molecule has 0 saturated carbocycles. The molecule has 0 atom stereocenters. The zero-order valence-electron chi connectivity index (χ0n) is 18.1. The van der Waals surface area contributed by atoms with E-state index in [1.54, 1.807) is 18.7 Å². The van der Waals surface area contributed by atoms with Crippen molar-refractivity contribution in [3.05, 3.63) is 86.6 Å². The van der Waals surface area contributed by atoms with E-state index in [1.165, 1.54) is 4.57 Å². The molecule has 0 aliphatic rings. The van der Waals surface area contributed by atoms with Gasteiger partial charge in [0.15, 0.2) is 11.2 Å². The van der Waals surface area contributed by atoms with Crippen LogP contribution in [0.5, 0.6) is 5.75 Å². The fourth-order valence-electron chi connectivity index (χ4n) is 3.45. The molecule has 0 amide bonds. The standard InChI is InChI=1S/C23H24N6O3/c1-15(17-7-5-4-6-8-17)26-27-22-24-20-19(21(30)25-23(31)28(20)2)29(22)14-13-16-9-11-18(32-3)12-10-16/h4-12H,13-14H2,1-3H3,(H,24,27)(H,25,30,31). The minimum Gasteiger partial charge on any atom is -0.497 e.